The van der Waals surface area contributed by atoms with Crippen LogP contribution >= 0.6 is 0 Å². The Kier molecular flexibility index (Phi) is 8.39. The first kappa shape index (κ1) is 23.5. The van der Waals surface area contributed by atoms with Crippen molar-refractivity contribution in [2.24, 2.45) is 5.41 Å². The molecule has 0 saturated carbocycles. The van der Waals surface area contributed by atoms with Crippen LogP contribution < -0.4 is 10.9 Å². The molecule has 0 amide bonds. The highest BCUT2D eigenvalue weighted by atomic mass is 14.2. The van der Waals surface area contributed by atoms with Gasteiger partial charge in [0.2, 0.25) is 6.71 Å². The Morgan fingerprint density at radius 1 is 0.741 bits per heavy atom. The highest BCUT2D eigenvalue weighted by Crippen LogP contribution is 2.32. The van der Waals surface area contributed by atoms with Crippen LogP contribution in [0.25, 0.3) is 0 Å². The Hall–Kier alpha value is -1.50. The van der Waals surface area contributed by atoms with Crippen molar-refractivity contribution in [1.82, 2.24) is 0 Å². The van der Waals surface area contributed by atoms with Gasteiger partial charge in [0.25, 0.3) is 0 Å². The molecule has 1 heteroatoms. The van der Waals surface area contributed by atoms with Gasteiger partial charge in [-0.15, -0.1) is 0 Å². The molecule has 27 heavy (non-hydrogen) atoms. The van der Waals surface area contributed by atoms with Gasteiger partial charge >= 0.3 is 0 Å². The predicted molar refractivity (Wildman–Crippen MR) is 126 cm³/mol. The van der Waals surface area contributed by atoms with Gasteiger partial charge in [0.15, 0.2) is 0 Å². The smallest absolute Gasteiger partial charge is 0.0701 e. The van der Waals surface area contributed by atoms with E-state index in [1.807, 2.05) is 27.7 Å². The molecule has 0 N–H and O–H groups in total. The zero-order valence-corrected chi connectivity index (χ0v) is 19.5. The van der Waals surface area contributed by atoms with E-state index in [1.165, 1.54) is 16.6 Å². The number of hydrogen-bond donors (Lipinski definition) is 0. The van der Waals surface area contributed by atoms with Crippen LogP contribution in [0.2, 0.25) is 5.31 Å². The normalized spacial score (nSPS) is 12.7. The second-order valence-corrected chi connectivity index (χ2v) is 9.40. The highest BCUT2D eigenvalue weighted by molar-refractivity contribution is 6.88. The molecule has 0 aromatic heterocycles. The maximum absolute atomic E-state index is 2.39. The van der Waals surface area contributed by atoms with Gasteiger partial charge in [-0.3, -0.25) is 0 Å². The average molecular weight is 364 g/mol. The quantitative estimate of drug-likeness (QED) is 0.498. The van der Waals surface area contributed by atoms with E-state index in [1.54, 1.807) is 11.0 Å². The van der Waals surface area contributed by atoms with Crippen LogP contribution in [0.15, 0.2) is 42.5 Å². The summed E-state index contributed by atoms with van der Waals surface area (Å²) in [7, 11) is 0. The lowest BCUT2D eigenvalue weighted by Gasteiger charge is -2.37. The molecule has 2 aromatic carbocycles. The van der Waals surface area contributed by atoms with Gasteiger partial charge < -0.3 is 0 Å². The Bertz CT molecular complexity index is 714. The fourth-order valence-electron chi connectivity index (χ4n) is 4.15. The van der Waals surface area contributed by atoms with Gasteiger partial charge in [-0.1, -0.05) is 134 Å². The second kappa shape index (κ2) is 9.62. The van der Waals surface area contributed by atoms with Crippen molar-refractivity contribution >= 4 is 17.6 Å². The SMILES string of the molecule is CC.CC.CC(C)(C)Cc1cccc2c1B(C(C)(C)C)c1ccccc1C2. The molecule has 0 atom stereocenters. The number of benzene rings is 2. The summed E-state index contributed by atoms with van der Waals surface area (Å²) >= 11 is 0. The van der Waals surface area contributed by atoms with Gasteiger partial charge in [0, 0.05) is 0 Å². The monoisotopic (exact) mass is 364 g/mol. The standard InChI is InChI=1S/C22H29B.2C2H6/c1-21(2,3)15-18-12-9-11-17-14-16-10-7-8-13-19(16)23(20(17)18)22(4,5)6;2*1-2/h7-13H,14-15H2,1-6H3;2*1-2H3. The van der Waals surface area contributed by atoms with E-state index < -0.39 is 0 Å². The molecule has 0 fully saturated rings. The van der Waals surface area contributed by atoms with E-state index in [-0.39, 0.29) is 5.31 Å². The van der Waals surface area contributed by atoms with E-state index in [0.29, 0.717) is 12.1 Å². The first-order chi connectivity index (χ1) is 12.7. The fourth-order valence-corrected chi connectivity index (χ4v) is 4.15. The summed E-state index contributed by atoms with van der Waals surface area (Å²) < 4.78 is 0. The van der Waals surface area contributed by atoms with Gasteiger partial charge in [-0.05, 0) is 29.4 Å². The predicted octanol–water partition coefficient (Wildman–Crippen LogP) is 6.64. The van der Waals surface area contributed by atoms with Crippen molar-refractivity contribution in [1.29, 1.82) is 0 Å². The summed E-state index contributed by atoms with van der Waals surface area (Å²) in [6.07, 6.45) is 2.22. The molecule has 2 aromatic rings. The molecule has 0 saturated heterocycles. The lowest BCUT2D eigenvalue weighted by Crippen LogP contribution is -2.55. The fraction of sp³-hybridized carbons (Fsp3) is 0.538. The first-order valence-electron chi connectivity index (χ1n) is 10.9. The van der Waals surface area contributed by atoms with Crippen LogP contribution in [0, 0.1) is 5.41 Å². The van der Waals surface area contributed by atoms with Crippen molar-refractivity contribution in [3.05, 3.63) is 59.2 Å². The van der Waals surface area contributed by atoms with Crippen LogP contribution in [0.1, 0.15) is 85.9 Å². The molecule has 0 radical (unpaired) electrons. The van der Waals surface area contributed by atoms with Crippen molar-refractivity contribution in [2.45, 2.75) is 87.4 Å². The Morgan fingerprint density at radius 2 is 1.30 bits per heavy atom. The lowest BCUT2D eigenvalue weighted by atomic mass is 9.25. The number of hydrogen-bond acceptors (Lipinski definition) is 0. The summed E-state index contributed by atoms with van der Waals surface area (Å²) in [5, 5.41) is 0.221. The van der Waals surface area contributed by atoms with Crippen LogP contribution in [0.5, 0.6) is 0 Å². The Labute approximate surface area is 169 Å². The minimum Gasteiger partial charge on any atom is -0.0701 e. The molecular weight excluding hydrogens is 323 g/mol. The number of fused-ring (bicyclic) bond motifs is 2. The molecule has 148 valence electrons. The van der Waals surface area contributed by atoms with E-state index in [9.17, 15) is 0 Å². The minimum atomic E-state index is 0.221. The third-order valence-electron chi connectivity index (χ3n) is 4.91. The third-order valence-corrected chi connectivity index (χ3v) is 4.91. The maximum Gasteiger partial charge on any atom is 0.215 e. The van der Waals surface area contributed by atoms with Crippen LogP contribution in [-0.2, 0) is 12.8 Å². The summed E-state index contributed by atoms with van der Waals surface area (Å²) in [6.45, 7) is 22.7. The lowest BCUT2D eigenvalue weighted by molar-refractivity contribution is 0.412. The molecule has 0 spiro atoms. The Balaban J connectivity index is 0.000000855. The van der Waals surface area contributed by atoms with Crippen LogP contribution in [0.4, 0.5) is 0 Å². The summed E-state index contributed by atoms with van der Waals surface area (Å²) in [5.41, 5.74) is 8.04. The highest BCUT2D eigenvalue weighted by Gasteiger charge is 2.39. The molecule has 3 rings (SSSR count). The molecule has 0 unspecified atom stereocenters. The van der Waals surface area contributed by atoms with E-state index in [2.05, 4.69) is 84.0 Å². The first-order valence-corrected chi connectivity index (χ1v) is 10.9. The van der Waals surface area contributed by atoms with Gasteiger partial charge in [-0.25, -0.2) is 0 Å². The minimum absolute atomic E-state index is 0.221. The molecule has 0 nitrogen and oxygen atoms in total. The molecule has 1 aliphatic heterocycles. The topological polar surface area (TPSA) is 0 Å². The zero-order valence-electron chi connectivity index (χ0n) is 19.5. The van der Waals surface area contributed by atoms with E-state index in [0.717, 1.165) is 12.8 Å². The van der Waals surface area contributed by atoms with Crippen molar-refractivity contribution in [2.75, 3.05) is 0 Å². The summed E-state index contributed by atoms with van der Waals surface area (Å²) in [6, 6.07) is 16.0. The summed E-state index contributed by atoms with van der Waals surface area (Å²) in [4.78, 5) is 0. The molecule has 1 heterocycles. The van der Waals surface area contributed by atoms with Crippen LogP contribution in [-0.4, -0.2) is 6.71 Å². The Morgan fingerprint density at radius 3 is 1.85 bits per heavy atom. The summed E-state index contributed by atoms with van der Waals surface area (Å²) in [5.74, 6) is 0. The van der Waals surface area contributed by atoms with Gasteiger partial charge in [0.1, 0.15) is 0 Å². The molecular formula is C26H41B. The molecule has 0 aliphatic carbocycles. The van der Waals surface area contributed by atoms with Gasteiger partial charge in [-0.2, -0.15) is 0 Å². The molecule has 0 bridgehead atoms. The van der Waals surface area contributed by atoms with Crippen molar-refractivity contribution in [3.63, 3.8) is 0 Å². The molecule has 1 aliphatic rings. The maximum atomic E-state index is 2.39. The van der Waals surface area contributed by atoms with Crippen LogP contribution in [0.3, 0.4) is 0 Å². The second-order valence-electron chi connectivity index (χ2n) is 9.40. The van der Waals surface area contributed by atoms with Crippen molar-refractivity contribution < 1.29 is 0 Å². The largest absolute Gasteiger partial charge is 0.215 e. The zero-order chi connectivity index (χ0) is 20.8. The van der Waals surface area contributed by atoms with Gasteiger partial charge in [0.05, 0.1) is 0 Å². The van der Waals surface area contributed by atoms with E-state index >= 15 is 0 Å². The number of rotatable bonds is 1. The van der Waals surface area contributed by atoms with E-state index in [4.69, 9.17) is 0 Å². The average Bonchev–Trinajstić information content (AvgIpc) is 2.61. The third kappa shape index (κ3) is 5.74. The van der Waals surface area contributed by atoms with Crippen molar-refractivity contribution in [3.8, 4) is 0 Å².